The monoisotopic (exact) mass is 280 g/mol. The first-order valence-corrected chi connectivity index (χ1v) is 8.39. The highest BCUT2D eigenvalue weighted by Crippen LogP contribution is 2.53. The molecule has 3 atom stereocenters. The molecule has 1 spiro atoms. The van der Waals surface area contributed by atoms with Crippen molar-refractivity contribution in [1.82, 2.24) is 10.6 Å². The lowest BCUT2D eigenvalue weighted by Gasteiger charge is -2.58. The molecule has 0 aromatic heterocycles. The molecule has 0 aromatic carbocycles. The average molecular weight is 280 g/mol. The Hall–Kier alpha value is -0.610. The van der Waals surface area contributed by atoms with Crippen LogP contribution in [0.15, 0.2) is 0 Å². The van der Waals surface area contributed by atoms with Crippen molar-refractivity contribution in [3.63, 3.8) is 0 Å². The maximum Gasteiger partial charge on any atom is 0.220 e. The number of hydrogen-bond acceptors (Lipinski definition) is 3. The van der Waals surface area contributed by atoms with Crippen molar-refractivity contribution in [2.75, 3.05) is 13.2 Å². The minimum atomic E-state index is 0.205. The molecule has 2 N–H and O–H groups in total. The first-order chi connectivity index (χ1) is 9.74. The van der Waals surface area contributed by atoms with E-state index in [-0.39, 0.29) is 5.91 Å². The zero-order valence-electron chi connectivity index (χ0n) is 12.6. The van der Waals surface area contributed by atoms with Crippen LogP contribution in [0, 0.1) is 5.41 Å². The zero-order valence-corrected chi connectivity index (χ0v) is 12.6. The maximum absolute atomic E-state index is 11.3. The van der Waals surface area contributed by atoms with Gasteiger partial charge in [-0.05, 0) is 32.6 Å². The molecule has 3 rings (SSSR count). The largest absolute Gasteiger partial charge is 0.378 e. The van der Waals surface area contributed by atoms with E-state index in [1.807, 2.05) is 0 Å². The summed E-state index contributed by atoms with van der Waals surface area (Å²) in [6.07, 6.45) is 9.98. The van der Waals surface area contributed by atoms with Crippen molar-refractivity contribution in [1.29, 1.82) is 0 Å². The summed E-state index contributed by atoms with van der Waals surface area (Å²) in [7, 11) is 0. The van der Waals surface area contributed by atoms with E-state index >= 15 is 0 Å². The van der Waals surface area contributed by atoms with Gasteiger partial charge in [0.2, 0.25) is 5.91 Å². The molecule has 3 fully saturated rings. The second-order valence-corrected chi connectivity index (χ2v) is 6.73. The summed E-state index contributed by atoms with van der Waals surface area (Å²) in [5.74, 6) is 0.205. The van der Waals surface area contributed by atoms with E-state index in [2.05, 4.69) is 17.6 Å². The fourth-order valence-corrected chi connectivity index (χ4v) is 4.46. The van der Waals surface area contributed by atoms with Crippen molar-refractivity contribution in [3.8, 4) is 0 Å². The molecule has 1 aliphatic heterocycles. The summed E-state index contributed by atoms with van der Waals surface area (Å²) in [6.45, 7) is 3.73. The van der Waals surface area contributed by atoms with Gasteiger partial charge in [-0.15, -0.1) is 0 Å². The minimum absolute atomic E-state index is 0.205. The molecular weight excluding hydrogens is 252 g/mol. The van der Waals surface area contributed by atoms with Gasteiger partial charge in [-0.1, -0.05) is 19.3 Å². The highest BCUT2D eigenvalue weighted by molar-refractivity contribution is 5.76. The number of carbonyl (C=O) groups excluding carboxylic acids is 1. The fraction of sp³-hybridized carbons (Fsp3) is 0.938. The standard InChI is InChI=1S/C16H28N2O2/c1-2-20-14-10-13(16(14)8-4-3-5-9-16)18-12-6-7-15(19)17-11-12/h12-14,18H,2-11H2,1H3,(H,17,19). The van der Waals surface area contributed by atoms with Gasteiger partial charge in [0.15, 0.2) is 0 Å². The zero-order chi connectivity index (χ0) is 14.0. The van der Waals surface area contributed by atoms with E-state index in [1.54, 1.807) is 0 Å². The van der Waals surface area contributed by atoms with E-state index in [4.69, 9.17) is 4.74 Å². The third kappa shape index (κ3) is 2.60. The Morgan fingerprint density at radius 1 is 1.35 bits per heavy atom. The molecule has 1 amide bonds. The molecule has 1 saturated heterocycles. The molecule has 4 nitrogen and oxygen atoms in total. The van der Waals surface area contributed by atoms with Gasteiger partial charge in [0.25, 0.3) is 0 Å². The van der Waals surface area contributed by atoms with Crippen LogP contribution in [0.25, 0.3) is 0 Å². The maximum atomic E-state index is 11.3. The first kappa shape index (κ1) is 14.3. The van der Waals surface area contributed by atoms with Gasteiger partial charge >= 0.3 is 0 Å². The quantitative estimate of drug-likeness (QED) is 0.828. The number of hydrogen-bond donors (Lipinski definition) is 2. The van der Waals surface area contributed by atoms with Gasteiger partial charge in [-0.25, -0.2) is 0 Å². The lowest BCUT2D eigenvalue weighted by molar-refractivity contribution is -0.153. The number of nitrogens with one attached hydrogen (secondary N) is 2. The number of carbonyl (C=O) groups is 1. The van der Waals surface area contributed by atoms with Crippen molar-refractivity contribution >= 4 is 5.91 Å². The van der Waals surface area contributed by atoms with Gasteiger partial charge in [0.1, 0.15) is 0 Å². The van der Waals surface area contributed by atoms with E-state index in [0.29, 0.717) is 30.0 Å². The summed E-state index contributed by atoms with van der Waals surface area (Å²) in [4.78, 5) is 11.3. The van der Waals surface area contributed by atoms with Gasteiger partial charge < -0.3 is 15.4 Å². The molecule has 0 radical (unpaired) electrons. The summed E-state index contributed by atoms with van der Waals surface area (Å²) in [5, 5.41) is 6.81. The molecule has 1 heterocycles. The van der Waals surface area contributed by atoms with Crippen LogP contribution in [0.3, 0.4) is 0 Å². The summed E-state index contributed by atoms with van der Waals surface area (Å²) >= 11 is 0. The number of rotatable bonds is 4. The molecule has 2 aliphatic carbocycles. The van der Waals surface area contributed by atoms with Crippen LogP contribution in [0.4, 0.5) is 0 Å². The Labute approximate surface area is 122 Å². The molecule has 114 valence electrons. The van der Waals surface area contributed by atoms with Crippen molar-refractivity contribution < 1.29 is 9.53 Å². The molecule has 3 unspecified atom stereocenters. The van der Waals surface area contributed by atoms with Gasteiger partial charge in [-0.2, -0.15) is 0 Å². The highest BCUT2D eigenvalue weighted by Gasteiger charge is 2.55. The molecular formula is C16H28N2O2. The first-order valence-electron chi connectivity index (χ1n) is 8.39. The van der Waals surface area contributed by atoms with Gasteiger partial charge in [-0.3, -0.25) is 4.79 Å². The van der Waals surface area contributed by atoms with E-state index in [9.17, 15) is 4.79 Å². The minimum Gasteiger partial charge on any atom is -0.378 e. The highest BCUT2D eigenvalue weighted by atomic mass is 16.5. The molecule has 0 aromatic rings. The third-order valence-electron chi connectivity index (χ3n) is 5.64. The Balaban J connectivity index is 1.59. The Bertz CT molecular complexity index is 342. The molecule has 2 saturated carbocycles. The predicted octanol–water partition coefficient (Wildman–Crippen LogP) is 1.98. The Morgan fingerprint density at radius 3 is 2.80 bits per heavy atom. The van der Waals surface area contributed by atoms with Crippen LogP contribution in [0.1, 0.15) is 58.3 Å². The number of ether oxygens (including phenoxy) is 1. The van der Waals surface area contributed by atoms with Gasteiger partial charge in [0, 0.05) is 37.1 Å². The lowest BCUT2D eigenvalue weighted by Crippen LogP contribution is -2.67. The topological polar surface area (TPSA) is 50.4 Å². The Kier molecular flexibility index (Phi) is 4.32. The smallest absolute Gasteiger partial charge is 0.220 e. The molecule has 3 aliphatic rings. The van der Waals surface area contributed by atoms with Crippen LogP contribution < -0.4 is 10.6 Å². The lowest BCUT2D eigenvalue weighted by atomic mass is 9.55. The van der Waals surface area contributed by atoms with Crippen molar-refractivity contribution in [2.45, 2.75) is 76.5 Å². The number of amides is 1. The third-order valence-corrected chi connectivity index (χ3v) is 5.64. The van der Waals surface area contributed by atoms with Crippen LogP contribution in [0.5, 0.6) is 0 Å². The average Bonchev–Trinajstić information content (AvgIpc) is 2.49. The number of piperidine rings is 1. The molecule has 4 heteroatoms. The summed E-state index contributed by atoms with van der Waals surface area (Å²) < 4.78 is 6.00. The van der Waals surface area contributed by atoms with Crippen molar-refractivity contribution in [2.24, 2.45) is 5.41 Å². The normalized spacial score (nSPS) is 36.5. The van der Waals surface area contributed by atoms with E-state index in [1.165, 1.54) is 32.1 Å². The van der Waals surface area contributed by atoms with E-state index < -0.39 is 0 Å². The van der Waals surface area contributed by atoms with Gasteiger partial charge in [0.05, 0.1) is 6.10 Å². The van der Waals surface area contributed by atoms with Crippen LogP contribution in [0.2, 0.25) is 0 Å². The van der Waals surface area contributed by atoms with Crippen LogP contribution in [-0.2, 0) is 9.53 Å². The van der Waals surface area contributed by atoms with E-state index in [0.717, 1.165) is 26.0 Å². The van der Waals surface area contributed by atoms with Crippen molar-refractivity contribution in [3.05, 3.63) is 0 Å². The fourth-order valence-electron chi connectivity index (χ4n) is 4.46. The second-order valence-electron chi connectivity index (χ2n) is 6.73. The molecule has 20 heavy (non-hydrogen) atoms. The van der Waals surface area contributed by atoms with Crippen LogP contribution in [-0.4, -0.2) is 37.2 Å². The Morgan fingerprint density at radius 2 is 2.15 bits per heavy atom. The summed E-state index contributed by atoms with van der Waals surface area (Å²) in [6, 6.07) is 1.05. The van der Waals surface area contributed by atoms with Crippen LogP contribution >= 0.6 is 0 Å². The predicted molar refractivity (Wildman–Crippen MR) is 78.5 cm³/mol. The molecule has 0 bridgehead atoms. The SMILES string of the molecule is CCOC1CC(NC2CCC(=O)NC2)C12CCCCC2. The summed E-state index contributed by atoms with van der Waals surface area (Å²) in [5.41, 5.74) is 0.385. The second kappa shape index (κ2) is 6.02.